The first-order chi connectivity index (χ1) is 6.61. The Hall–Kier alpha value is -1.42. The van der Waals surface area contributed by atoms with Gasteiger partial charge in [0.25, 0.3) is 0 Å². The van der Waals surface area contributed by atoms with Crippen LogP contribution in [0.15, 0.2) is 24.3 Å². The van der Waals surface area contributed by atoms with Crippen molar-refractivity contribution in [2.45, 2.75) is 6.92 Å². The first kappa shape index (κ1) is 12.6. The molecule has 1 aromatic rings. The molecule has 0 unspecified atom stereocenters. The van der Waals surface area contributed by atoms with Crippen LogP contribution >= 0.6 is 0 Å². The molecule has 0 aliphatic carbocycles. The van der Waals surface area contributed by atoms with Crippen LogP contribution in [0, 0.1) is 12.7 Å². The smallest absolute Gasteiger partial charge is 0.361 e. The number of rotatable bonds is 1. The summed E-state index contributed by atoms with van der Waals surface area (Å²) in [6, 6.07) is 6.70. The molecule has 0 atom stereocenters. The molecule has 0 bridgehead atoms. The van der Waals surface area contributed by atoms with Crippen molar-refractivity contribution < 1.29 is 19.7 Å². The summed E-state index contributed by atoms with van der Waals surface area (Å²) in [6.07, 6.45) is 0. The Kier molecular flexibility index (Phi) is 6.32. The van der Waals surface area contributed by atoms with Crippen molar-refractivity contribution in [2.24, 2.45) is 0 Å². The van der Waals surface area contributed by atoms with E-state index in [9.17, 15) is 9.18 Å². The third-order valence-corrected chi connectivity index (χ3v) is 1.51. The molecule has 0 spiro atoms. The van der Waals surface area contributed by atoms with E-state index in [2.05, 4.69) is 10.5 Å². The maximum Gasteiger partial charge on any atom is 0.361 e. The zero-order valence-electron chi connectivity index (χ0n) is 8.42. The molecule has 1 aromatic carbocycles. The number of benzene rings is 1. The molecule has 0 amide bonds. The summed E-state index contributed by atoms with van der Waals surface area (Å²) in [4.78, 5) is 9.90. The molecule has 0 aliphatic heterocycles. The van der Waals surface area contributed by atoms with Gasteiger partial charge in [-0.25, -0.2) is 9.18 Å². The van der Waals surface area contributed by atoms with Crippen molar-refractivity contribution in [1.29, 1.82) is 0 Å². The third-order valence-electron chi connectivity index (χ3n) is 1.51. The van der Waals surface area contributed by atoms with Crippen molar-refractivity contribution in [3.63, 3.8) is 0 Å². The molecule has 14 heavy (non-hydrogen) atoms. The van der Waals surface area contributed by atoms with Crippen LogP contribution in [0.5, 0.6) is 0 Å². The van der Waals surface area contributed by atoms with E-state index in [4.69, 9.17) is 0 Å². The number of ether oxygens (including phenoxy) is 1. The number of esters is 1. The number of aryl methyl sites for hydroxylation is 1. The summed E-state index contributed by atoms with van der Waals surface area (Å²) in [5.74, 6) is -0.400. The lowest BCUT2D eigenvalue weighted by atomic mass is 10.2. The molecule has 0 saturated carbocycles. The summed E-state index contributed by atoms with van der Waals surface area (Å²) in [5, 5.41) is 0. The molecule has 0 fully saturated rings. The van der Waals surface area contributed by atoms with Crippen LogP contribution in [-0.2, 0) is 9.53 Å². The van der Waals surface area contributed by atoms with Crippen LogP contribution in [-0.4, -0.2) is 19.6 Å². The van der Waals surface area contributed by atoms with Gasteiger partial charge >= 0.3 is 5.97 Å². The molecule has 0 heterocycles. The van der Waals surface area contributed by atoms with E-state index in [1.54, 1.807) is 19.1 Å². The van der Waals surface area contributed by atoms with Crippen LogP contribution < -0.4 is 5.73 Å². The zero-order valence-corrected chi connectivity index (χ0v) is 8.42. The summed E-state index contributed by atoms with van der Waals surface area (Å²) >= 11 is 0. The predicted octanol–water partition coefficient (Wildman–Crippen LogP) is 0.535. The Morgan fingerprint density at radius 3 is 2.29 bits per heavy atom. The minimum Gasteiger partial charge on any atom is -0.465 e. The quantitative estimate of drug-likeness (QED) is 0.672. The number of carbonyl (C=O) groups is 1. The normalized spacial score (nSPS) is 8.57. The van der Waals surface area contributed by atoms with E-state index < -0.39 is 0 Å². The second kappa shape index (κ2) is 7.03. The van der Waals surface area contributed by atoms with Gasteiger partial charge in [0.05, 0.1) is 7.11 Å². The van der Waals surface area contributed by atoms with E-state index in [0.717, 1.165) is 0 Å². The Morgan fingerprint density at radius 1 is 1.50 bits per heavy atom. The average molecular weight is 200 g/mol. The fraction of sp³-hybridized carbons (Fsp3) is 0.300. The molecule has 0 aliphatic rings. The van der Waals surface area contributed by atoms with Crippen LogP contribution in [0.3, 0.4) is 0 Å². The minimum absolute atomic E-state index is 0.132. The number of carbonyl (C=O) groups excluding carboxylic acids is 1. The molecule has 0 saturated heterocycles. The highest BCUT2D eigenvalue weighted by Gasteiger charge is 1.91. The fourth-order valence-corrected chi connectivity index (χ4v) is 0.653. The van der Waals surface area contributed by atoms with Gasteiger partial charge in [-0.15, -0.1) is 0 Å². The van der Waals surface area contributed by atoms with Crippen LogP contribution in [0.2, 0.25) is 0 Å². The summed E-state index contributed by atoms with van der Waals surface area (Å²) in [5.41, 5.74) is 3.98. The standard InChI is InChI=1S/C7H7F.C3H7NO2/c1-6-4-2-3-5-7(6)8;1-6-3(5)2-4/h2-5H,1H3;2,4H2,1H3/p+1. The van der Waals surface area contributed by atoms with Crippen LogP contribution in [0.25, 0.3) is 0 Å². The van der Waals surface area contributed by atoms with Gasteiger partial charge in [0, 0.05) is 0 Å². The molecule has 1 rings (SSSR count). The molecule has 3 N–H and O–H groups in total. The van der Waals surface area contributed by atoms with E-state index >= 15 is 0 Å². The van der Waals surface area contributed by atoms with Crippen molar-refractivity contribution in [1.82, 2.24) is 0 Å². The first-order valence-electron chi connectivity index (χ1n) is 4.19. The average Bonchev–Trinajstić information content (AvgIpc) is 2.22. The molecule has 0 radical (unpaired) electrons. The second-order valence-corrected chi connectivity index (χ2v) is 2.58. The topological polar surface area (TPSA) is 53.9 Å². The summed E-state index contributed by atoms with van der Waals surface area (Å²) in [6.45, 7) is 1.96. The van der Waals surface area contributed by atoms with E-state index in [1.807, 2.05) is 6.07 Å². The Labute approximate surface area is 82.7 Å². The van der Waals surface area contributed by atoms with Crippen LogP contribution in [0.1, 0.15) is 5.56 Å². The maximum atomic E-state index is 12.3. The first-order valence-corrected chi connectivity index (χ1v) is 4.19. The predicted molar refractivity (Wildman–Crippen MR) is 50.9 cm³/mol. The number of methoxy groups -OCH3 is 1. The third kappa shape index (κ3) is 5.27. The lowest BCUT2D eigenvalue weighted by Gasteiger charge is -1.89. The van der Waals surface area contributed by atoms with Crippen molar-refractivity contribution in [3.05, 3.63) is 35.6 Å². The van der Waals surface area contributed by atoms with E-state index in [-0.39, 0.29) is 18.3 Å². The van der Waals surface area contributed by atoms with Gasteiger partial charge in [0.2, 0.25) is 0 Å². The van der Waals surface area contributed by atoms with Gasteiger partial charge < -0.3 is 10.5 Å². The number of hydrogen-bond donors (Lipinski definition) is 1. The van der Waals surface area contributed by atoms with Gasteiger partial charge in [0.15, 0.2) is 6.54 Å². The molecule has 3 nitrogen and oxygen atoms in total. The lowest BCUT2D eigenvalue weighted by molar-refractivity contribution is -0.359. The van der Waals surface area contributed by atoms with Crippen molar-refractivity contribution in [3.8, 4) is 0 Å². The maximum absolute atomic E-state index is 12.3. The summed E-state index contributed by atoms with van der Waals surface area (Å²) in [7, 11) is 1.34. The van der Waals surface area contributed by atoms with Crippen molar-refractivity contribution >= 4 is 5.97 Å². The molecule has 4 heteroatoms. The number of quaternary nitrogens is 1. The molecule has 0 aromatic heterocycles. The second-order valence-electron chi connectivity index (χ2n) is 2.58. The molecular weight excluding hydrogens is 185 g/mol. The number of hydrogen-bond acceptors (Lipinski definition) is 2. The minimum atomic E-state index is -0.269. The monoisotopic (exact) mass is 200 g/mol. The van der Waals surface area contributed by atoms with Crippen LogP contribution in [0.4, 0.5) is 4.39 Å². The van der Waals surface area contributed by atoms with E-state index in [1.165, 1.54) is 13.2 Å². The highest BCUT2D eigenvalue weighted by atomic mass is 19.1. The Bertz CT molecular complexity index is 262. The SMILES string of the molecule is COC(=O)C[NH3+].Cc1ccccc1F. The zero-order chi connectivity index (χ0) is 11.0. The Morgan fingerprint density at radius 2 is 2.07 bits per heavy atom. The van der Waals surface area contributed by atoms with Gasteiger partial charge in [-0.1, -0.05) is 18.2 Å². The van der Waals surface area contributed by atoms with Gasteiger partial charge in [-0.05, 0) is 18.6 Å². The Balaban J connectivity index is 0.000000255. The van der Waals surface area contributed by atoms with Gasteiger partial charge in [0.1, 0.15) is 5.82 Å². The lowest BCUT2D eigenvalue weighted by Crippen LogP contribution is -2.54. The highest BCUT2D eigenvalue weighted by Crippen LogP contribution is 2.01. The van der Waals surface area contributed by atoms with Crippen molar-refractivity contribution in [2.75, 3.05) is 13.7 Å². The molecular formula is C10H15FNO2+. The van der Waals surface area contributed by atoms with E-state index in [0.29, 0.717) is 5.56 Å². The summed E-state index contributed by atoms with van der Waals surface area (Å²) < 4.78 is 16.5. The van der Waals surface area contributed by atoms with Gasteiger partial charge in [-0.2, -0.15) is 0 Å². The molecule has 78 valence electrons. The largest absolute Gasteiger partial charge is 0.465 e. The van der Waals surface area contributed by atoms with Gasteiger partial charge in [-0.3, -0.25) is 0 Å². The highest BCUT2D eigenvalue weighted by molar-refractivity contribution is 5.69. The fourth-order valence-electron chi connectivity index (χ4n) is 0.653. The number of halogens is 1.